The Balaban J connectivity index is 2.61. The van der Waals surface area contributed by atoms with E-state index < -0.39 is 0 Å². The molecule has 106 valence electrons. The number of amides is 1. The van der Waals surface area contributed by atoms with E-state index in [1.165, 1.54) is 0 Å². The quantitative estimate of drug-likeness (QED) is 0.826. The van der Waals surface area contributed by atoms with Crippen molar-refractivity contribution in [3.8, 4) is 0 Å². The fourth-order valence-corrected chi connectivity index (χ4v) is 2.26. The molecule has 0 aliphatic rings. The molecule has 0 aliphatic heterocycles. The van der Waals surface area contributed by atoms with Crippen LogP contribution in [0.5, 0.6) is 0 Å². The standard InChI is InChI=1S/C16H26N2O/c1-11(2)7-14(10-17)9-16(19)18-15-8-12(3)5-6-13(15)4/h5-6,8,11,14H,7,9-10,17H2,1-4H3,(H,18,19)/t14-/m0/s1. The third-order valence-electron chi connectivity index (χ3n) is 3.28. The van der Waals surface area contributed by atoms with Gasteiger partial charge in [-0.15, -0.1) is 0 Å². The minimum atomic E-state index is 0.0600. The molecule has 0 aromatic heterocycles. The number of hydrogen-bond acceptors (Lipinski definition) is 2. The first-order valence-corrected chi connectivity index (χ1v) is 6.99. The summed E-state index contributed by atoms with van der Waals surface area (Å²) in [6, 6.07) is 6.08. The van der Waals surface area contributed by atoms with Gasteiger partial charge in [-0.05, 0) is 55.8 Å². The highest BCUT2D eigenvalue weighted by Crippen LogP contribution is 2.19. The van der Waals surface area contributed by atoms with Crippen LogP contribution in [0.3, 0.4) is 0 Å². The molecule has 1 amide bonds. The van der Waals surface area contributed by atoms with Gasteiger partial charge >= 0.3 is 0 Å². The fraction of sp³-hybridized carbons (Fsp3) is 0.562. The lowest BCUT2D eigenvalue weighted by Gasteiger charge is -2.17. The number of hydrogen-bond donors (Lipinski definition) is 2. The third kappa shape index (κ3) is 5.43. The van der Waals surface area contributed by atoms with Gasteiger partial charge in [0.25, 0.3) is 0 Å². The highest BCUT2D eigenvalue weighted by molar-refractivity contribution is 5.91. The summed E-state index contributed by atoms with van der Waals surface area (Å²) in [6.07, 6.45) is 1.50. The first kappa shape index (κ1) is 15.7. The molecule has 19 heavy (non-hydrogen) atoms. The van der Waals surface area contributed by atoms with E-state index in [1.807, 2.05) is 32.0 Å². The Morgan fingerprint density at radius 1 is 1.32 bits per heavy atom. The van der Waals surface area contributed by atoms with Gasteiger partial charge in [-0.3, -0.25) is 4.79 Å². The zero-order valence-electron chi connectivity index (χ0n) is 12.5. The number of rotatable bonds is 6. The van der Waals surface area contributed by atoms with Crippen LogP contribution in [0.2, 0.25) is 0 Å². The molecular weight excluding hydrogens is 236 g/mol. The predicted molar refractivity (Wildman–Crippen MR) is 81.2 cm³/mol. The van der Waals surface area contributed by atoms with Crippen LogP contribution in [0.4, 0.5) is 5.69 Å². The Hall–Kier alpha value is -1.35. The molecule has 3 N–H and O–H groups in total. The number of aryl methyl sites for hydroxylation is 2. The second kappa shape index (κ2) is 7.29. The molecule has 1 aromatic carbocycles. The number of nitrogens with one attached hydrogen (secondary N) is 1. The van der Waals surface area contributed by atoms with Crippen molar-refractivity contribution in [2.75, 3.05) is 11.9 Å². The van der Waals surface area contributed by atoms with Crippen molar-refractivity contribution in [1.29, 1.82) is 0 Å². The highest BCUT2D eigenvalue weighted by atomic mass is 16.1. The summed E-state index contributed by atoms with van der Waals surface area (Å²) in [4.78, 5) is 12.1. The molecular formula is C16H26N2O. The van der Waals surface area contributed by atoms with Crippen molar-refractivity contribution in [2.45, 2.75) is 40.5 Å². The normalized spacial score (nSPS) is 12.5. The second-order valence-corrected chi connectivity index (χ2v) is 5.80. The number of anilines is 1. The first-order chi connectivity index (χ1) is 8.92. The number of nitrogens with two attached hydrogens (primary N) is 1. The lowest BCUT2D eigenvalue weighted by atomic mass is 9.94. The van der Waals surface area contributed by atoms with Crippen LogP contribution in [0.15, 0.2) is 18.2 Å². The molecule has 0 spiro atoms. The van der Waals surface area contributed by atoms with Crippen LogP contribution in [0.25, 0.3) is 0 Å². The molecule has 0 unspecified atom stereocenters. The lowest BCUT2D eigenvalue weighted by molar-refractivity contribution is -0.117. The molecule has 0 saturated carbocycles. The summed E-state index contributed by atoms with van der Waals surface area (Å²) >= 11 is 0. The fourth-order valence-electron chi connectivity index (χ4n) is 2.26. The van der Waals surface area contributed by atoms with Crippen molar-refractivity contribution in [3.63, 3.8) is 0 Å². The molecule has 0 bridgehead atoms. The molecule has 1 aromatic rings. The lowest BCUT2D eigenvalue weighted by Crippen LogP contribution is -2.23. The average Bonchev–Trinajstić information content (AvgIpc) is 2.32. The Kier molecular flexibility index (Phi) is 6.03. The molecule has 0 saturated heterocycles. The minimum absolute atomic E-state index is 0.0600. The summed E-state index contributed by atoms with van der Waals surface area (Å²) in [5.74, 6) is 0.900. The van der Waals surface area contributed by atoms with E-state index >= 15 is 0 Å². The zero-order valence-corrected chi connectivity index (χ0v) is 12.5. The van der Waals surface area contributed by atoms with Gasteiger partial charge in [0.1, 0.15) is 0 Å². The first-order valence-electron chi connectivity index (χ1n) is 6.99. The van der Waals surface area contributed by atoms with Crippen LogP contribution in [-0.4, -0.2) is 12.5 Å². The summed E-state index contributed by atoms with van der Waals surface area (Å²) < 4.78 is 0. The van der Waals surface area contributed by atoms with E-state index in [0.29, 0.717) is 18.9 Å². The maximum atomic E-state index is 12.1. The van der Waals surface area contributed by atoms with Crippen LogP contribution >= 0.6 is 0 Å². The van der Waals surface area contributed by atoms with E-state index in [1.54, 1.807) is 0 Å². The monoisotopic (exact) mass is 262 g/mol. The summed E-state index contributed by atoms with van der Waals surface area (Å²) in [6.45, 7) is 8.91. The molecule has 0 aliphatic carbocycles. The van der Waals surface area contributed by atoms with Gasteiger partial charge in [-0.25, -0.2) is 0 Å². The van der Waals surface area contributed by atoms with Gasteiger partial charge in [0.05, 0.1) is 0 Å². The molecule has 1 rings (SSSR count). The summed E-state index contributed by atoms with van der Waals surface area (Å²) in [5, 5.41) is 2.99. The maximum absolute atomic E-state index is 12.1. The SMILES string of the molecule is Cc1ccc(C)c(NC(=O)C[C@@H](CN)CC(C)C)c1. The van der Waals surface area contributed by atoms with E-state index in [-0.39, 0.29) is 11.8 Å². The molecule has 0 fully saturated rings. The van der Waals surface area contributed by atoms with Crippen LogP contribution < -0.4 is 11.1 Å². The Morgan fingerprint density at radius 2 is 2.00 bits per heavy atom. The highest BCUT2D eigenvalue weighted by Gasteiger charge is 2.14. The molecule has 3 nitrogen and oxygen atoms in total. The van der Waals surface area contributed by atoms with E-state index in [2.05, 4.69) is 19.2 Å². The second-order valence-electron chi connectivity index (χ2n) is 5.80. The van der Waals surface area contributed by atoms with Crippen molar-refractivity contribution in [3.05, 3.63) is 29.3 Å². The molecule has 3 heteroatoms. The van der Waals surface area contributed by atoms with Crippen molar-refractivity contribution >= 4 is 11.6 Å². The van der Waals surface area contributed by atoms with Gasteiger partial charge in [0, 0.05) is 12.1 Å². The van der Waals surface area contributed by atoms with E-state index in [9.17, 15) is 4.79 Å². The number of carbonyl (C=O) groups is 1. The van der Waals surface area contributed by atoms with E-state index in [4.69, 9.17) is 5.73 Å². The number of carbonyl (C=O) groups excluding carboxylic acids is 1. The Labute approximate surface area is 116 Å². The summed E-state index contributed by atoms with van der Waals surface area (Å²) in [7, 11) is 0. The van der Waals surface area contributed by atoms with Crippen LogP contribution in [-0.2, 0) is 4.79 Å². The van der Waals surface area contributed by atoms with Crippen LogP contribution in [0.1, 0.15) is 37.8 Å². The largest absolute Gasteiger partial charge is 0.330 e. The Morgan fingerprint density at radius 3 is 2.58 bits per heavy atom. The van der Waals surface area contributed by atoms with Gasteiger partial charge < -0.3 is 11.1 Å². The summed E-state index contributed by atoms with van der Waals surface area (Å²) in [5.41, 5.74) is 8.89. The zero-order chi connectivity index (χ0) is 14.4. The van der Waals surface area contributed by atoms with Gasteiger partial charge in [0.15, 0.2) is 0 Å². The van der Waals surface area contributed by atoms with Crippen molar-refractivity contribution in [1.82, 2.24) is 0 Å². The van der Waals surface area contributed by atoms with Gasteiger partial charge in [-0.1, -0.05) is 26.0 Å². The molecule has 1 atom stereocenters. The van der Waals surface area contributed by atoms with Gasteiger partial charge in [-0.2, -0.15) is 0 Å². The van der Waals surface area contributed by atoms with E-state index in [0.717, 1.165) is 23.2 Å². The van der Waals surface area contributed by atoms with Gasteiger partial charge in [0.2, 0.25) is 5.91 Å². The smallest absolute Gasteiger partial charge is 0.224 e. The minimum Gasteiger partial charge on any atom is -0.330 e. The molecule has 0 heterocycles. The Bertz CT molecular complexity index is 427. The predicted octanol–water partition coefficient (Wildman–Crippen LogP) is 3.25. The molecule has 0 radical (unpaired) electrons. The average molecular weight is 262 g/mol. The third-order valence-corrected chi connectivity index (χ3v) is 3.28. The maximum Gasteiger partial charge on any atom is 0.224 e. The van der Waals surface area contributed by atoms with Crippen LogP contribution in [0, 0.1) is 25.7 Å². The van der Waals surface area contributed by atoms with Crippen molar-refractivity contribution in [2.24, 2.45) is 17.6 Å². The van der Waals surface area contributed by atoms with Crippen molar-refractivity contribution < 1.29 is 4.79 Å². The topological polar surface area (TPSA) is 55.1 Å². The number of benzene rings is 1.